The lowest BCUT2D eigenvalue weighted by molar-refractivity contribution is -0.124. The summed E-state index contributed by atoms with van der Waals surface area (Å²) in [7, 11) is 0. The number of rotatable bonds is 5. The molecule has 1 N–H and O–H groups in total. The summed E-state index contributed by atoms with van der Waals surface area (Å²) in [6.07, 6.45) is 0. The Bertz CT molecular complexity index is 739. The van der Waals surface area contributed by atoms with Crippen molar-refractivity contribution in [2.24, 2.45) is 0 Å². The largest absolute Gasteiger partial charge is 0.452 e. The van der Waals surface area contributed by atoms with Gasteiger partial charge in [0.25, 0.3) is 5.91 Å². The van der Waals surface area contributed by atoms with Crippen molar-refractivity contribution in [1.29, 1.82) is 0 Å². The Hall–Kier alpha value is -1.92. The SMILES string of the molecule is O=C(COC(=O)c1ccc(F)cc1Cl)NCc1ccccc1Br. The fraction of sp³-hybridized carbons (Fsp3) is 0.125. The molecule has 0 aromatic heterocycles. The van der Waals surface area contributed by atoms with Crippen molar-refractivity contribution in [2.75, 3.05) is 6.61 Å². The van der Waals surface area contributed by atoms with Crippen molar-refractivity contribution in [3.8, 4) is 0 Å². The van der Waals surface area contributed by atoms with Gasteiger partial charge in [0, 0.05) is 11.0 Å². The minimum atomic E-state index is -0.786. The smallest absolute Gasteiger partial charge is 0.340 e. The van der Waals surface area contributed by atoms with Crippen molar-refractivity contribution in [1.82, 2.24) is 5.32 Å². The van der Waals surface area contributed by atoms with Crippen LogP contribution in [0.5, 0.6) is 0 Å². The van der Waals surface area contributed by atoms with Crippen LogP contribution in [-0.2, 0) is 16.1 Å². The highest BCUT2D eigenvalue weighted by Gasteiger charge is 2.14. The number of carbonyl (C=O) groups is 2. The van der Waals surface area contributed by atoms with Crippen LogP contribution in [0.3, 0.4) is 0 Å². The summed E-state index contributed by atoms with van der Waals surface area (Å²) in [5.74, 6) is -1.80. The summed E-state index contributed by atoms with van der Waals surface area (Å²) in [5, 5.41) is 2.57. The average molecular weight is 401 g/mol. The number of nitrogens with one attached hydrogen (secondary N) is 1. The molecule has 120 valence electrons. The lowest BCUT2D eigenvalue weighted by Crippen LogP contribution is -2.28. The Kier molecular flexibility index (Phi) is 6.12. The average Bonchev–Trinajstić information content (AvgIpc) is 2.52. The lowest BCUT2D eigenvalue weighted by Gasteiger charge is -2.08. The second-order valence-corrected chi connectivity index (χ2v) is 5.83. The van der Waals surface area contributed by atoms with Crippen LogP contribution in [0, 0.1) is 5.82 Å². The molecule has 4 nitrogen and oxygen atoms in total. The summed E-state index contributed by atoms with van der Waals surface area (Å²) in [5.41, 5.74) is 0.903. The maximum absolute atomic E-state index is 12.9. The van der Waals surface area contributed by atoms with E-state index in [4.69, 9.17) is 16.3 Å². The predicted molar refractivity (Wildman–Crippen MR) is 87.7 cm³/mol. The minimum absolute atomic E-state index is 0.00618. The van der Waals surface area contributed by atoms with Crippen molar-refractivity contribution in [3.05, 3.63) is 68.9 Å². The molecule has 0 heterocycles. The minimum Gasteiger partial charge on any atom is -0.452 e. The molecular formula is C16H12BrClFNO3. The molecule has 1 amide bonds. The molecule has 0 aliphatic heterocycles. The first-order chi connectivity index (χ1) is 11.0. The van der Waals surface area contributed by atoms with Gasteiger partial charge in [0.2, 0.25) is 0 Å². The molecule has 0 radical (unpaired) electrons. The Morgan fingerprint density at radius 1 is 1.22 bits per heavy atom. The topological polar surface area (TPSA) is 55.4 Å². The Labute approximate surface area is 145 Å². The van der Waals surface area contributed by atoms with E-state index in [9.17, 15) is 14.0 Å². The third-order valence-corrected chi connectivity index (χ3v) is 4.01. The van der Waals surface area contributed by atoms with Crippen LogP contribution in [0.25, 0.3) is 0 Å². The van der Waals surface area contributed by atoms with Crippen molar-refractivity contribution < 1.29 is 18.7 Å². The number of hydrogen-bond acceptors (Lipinski definition) is 3. The second kappa shape index (κ2) is 8.08. The molecule has 0 saturated carbocycles. The highest BCUT2D eigenvalue weighted by molar-refractivity contribution is 9.10. The van der Waals surface area contributed by atoms with Gasteiger partial charge in [-0.25, -0.2) is 9.18 Å². The van der Waals surface area contributed by atoms with Gasteiger partial charge in [-0.1, -0.05) is 45.7 Å². The first kappa shape index (κ1) is 17.4. The van der Waals surface area contributed by atoms with Crippen LogP contribution in [0.1, 0.15) is 15.9 Å². The van der Waals surface area contributed by atoms with Crippen LogP contribution in [0.4, 0.5) is 4.39 Å². The molecule has 0 aliphatic rings. The van der Waals surface area contributed by atoms with Gasteiger partial charge >= 0.3 is 5.97 Å². The van der Waals surface area contributed by atoms with E-state index in [-0.39, 0.29) is 10.6 Å². The fourth-order valence-corrected chi connectivity index (χ4v) is 2.42. The standard InChI is InChI=1S/C16H12BrClFNO3/c17-13-4-2-1-3-10(13)8-20-15(21)9-23-16(22)12-6-5-11(19)7-14(12)18/h1-7H,8-9H2,(H,20,21). The van der Waals surface area contributed by atoms with E-state index in [0.717, 1.165) is 22.2 Å². The molecule has 0 spiro atoms. The normalized spacial score (nSPS) is 10.2. The lowest BCUT2D eigenvalue weighted by atomic mass is 10.2. The summed E-state index contributed by atoms with van der Waals surface area (Å²) in [6, 6.07) is 10.7. The number of carbonyl (C=O) groups excluding carboxylic acids is 2. The molecule has 2 rings (SSSR count). The monoisotopic (exact) mass is 399 g/mol. The molecule has 2 aromatic rings. The van der Waals surface area contributed by atoms with E-state index in [0.29, 0.717) is 6.54 Å². The number of hydrogen-bond donors (Lipinski definition) is 1. The van der Waals surface area contributed by atoms with E-state index in [2.05, 4.69) is 21.2 Å². The van der Waals surface area contributed by atoms with Gasteiger partial charge in [-0.2, -0.15) is 0 Å². The van der Waals surface area contributed by atoms with Gasteiger partial charge in [-0.3, -0.25) is 4.79 Å². The summed E-state index contributed by atoms with van der Waals surface area (Å²) in [4.78, 5) is 23.5. The third-order valence-electron chi connectivity index (χ3n) is 2.92. The third kappa shape index (κ3) is 5.04. The molecule has 0 atom stereocenters. The van der Waals surface area contributed by atoms with Crippen LogP contribution < -0.4 is 5.32 Å². The van der Waals surface area contributed by atoms with Gasteiger partial charge in [0.1, 0.15) is 5.82 Å². The second-order valence-electron chi connectivity index (χ2n) is 4.57. The van der Waals surface area contributed by atoms with Crippen molar-refractivity contribution in [3.63, 3.8) is 0 Å². The molecule has 0 saturated heterocycles. The van der Waals surface area contributed by atoms with Gasteiger partial charge in [0.15, 0.2) is 6.61 Å². The Morgan fingerprint density at radius 2 is 1.96 bits per heavy atom. The zero-order valence-electron chi connectivity index (χ0n) is 11.8. The fourth-order valence-electron chi connectivity index (χ4n) is 1.75. The van der Waals surface area contributed by atoms with Crippen LogP contribution in [0.2, 0.25) is 5.02 Å². The number of amides is 1. The Balaban J connectivity index is 1.84. The Morgan fingerprint density at radius 3 is 2.65 bits per heavy atom. The van der Waals surface area contributed by atoms with Crippen molar-refractivity contribution in [2.45, 2.75) is 6.54 Å². The molecule has 23 heavy (non-hydrogen) atoms. The summed E-state index contributed by atoms with van der Waals surface area (Å²) in [6.45, 7) is -0.147. The van der Waals surface area contributed by atoms with Gasteiger partial charge < -0.3 is 10.1 Å². The van der Waals surface area contributed by atoms with E-state index in [1.807, 2.05) is 24.3 Å². The van der Waals surface area contributed by atoms with E-state index >= 15 is 0 Å². The molecule has 0 unspecified atom stereocenters. The first-order valence-corrected chi connectivity index (χ1v) is 7.77. The summed E-state index contributed by atoms with van der Waals surface area (Å²) < 4.78 is 18.6. The molecule has 0 aliphatic carbocycles. The highest BCUT2D eigenvalue weighted by Crippen LogP contribution is 2.18. The number of esters is 1. The van der Waals surface area contributed by atoms with Gasteiger partial charge in [-0.15, -0.1) is 0 Å². The molecule has 7 heteroatoms. The van der Waals surface area contributed by atoms with Gasteiger partial charge in [-0.05, 0) is 29.8 Å². The van der Waals surface area contributed by atoms with Crippen LogP contribution in [0.15, 0.2) is 46.9 Å². The first-order valence-electron chi connectivity index (χ1n) is 6.59. The maximum atomic E-state index is 12.9. The molecular weight excluding hydrogens is 389 g/mol. The van der Waals surface area contributed by atoms with E-state index in [1.165, 1.54) is 6.07 Å². The predicted octanol–water partition coefficient (Wildman–Crippen LogP) is 3.71. The number of benzene rings is 2. The molecule has 0 fully saturated rings. The maximum Gasteiger partial charge on any atom is 0.340 e. The molecule has 2 aromatic carbocycles. The highest BCUT2D eigenvalue weighted by atomic mass is 79.9. The summed E-state index contributed by atoms with van der Waals surface area (Å²) >= 11 is 9.12. The molecule has 0 bridgehead atoms. The number of ether oxygens (including phenoxy) is 1. The zero-order valence-corrected chi connectivity index (χ0v) is 14.2. The van der Waals surface area contributed by atoms with Crippen LogP contribution >= 0.6 is 27.5 Å². The van der Waals surface area contributed by atoms with E-state index < -0.39 is 24.3 Å². The van der Waals surface area contributed by atoms with Crippen molar-refractivity contribution >= 4 is 39.4 Å². The van der Waals surface area contributed by atoms with E-state index in [1.54, 1.807) is 0 Å². The zero-order chi connectivity index (χ0) is 16.8. The van der Waals surface area contributed by atoms with Crippen LogP contribution in [-0.4, -0.2) is 18.5 Å². The number of halogens is 3. The quantitative estimate of drug-likeness (QED) is 0.779. The van der Waals surface area contributed by atoms with Gasteiger partial charge in [0.05, 0.1) is 10.6 Å².